The van der Waals surface area contributed by atoms with E-state index < -0.39 is 34.3 Å². The number of alkyl halides is 3. The Morgan fingerprint density at radius 1 is 1.34 bits per heavy atom. The maximum atomic E-state index is 13.3. The molecule has 2 rings (SSSR count). The number of hydrogen-bond acceptors (Lipinski definition) is 6. The molecule has 32 heavy (non-hydrogen) atoms. The van der Waals surface area contributed by atoms with Crippen LogP contribution in [0.5, 0.6) is 5.75 Å². The van der Waals surface area contributed by atoms with Crippen LogP contribution in [-0.4, -0.2) is 39.9 Å². The van der Waals surface area contributed by atoms with Crippen LogP contribution in [0.25, 0.3) is 0 Å². The molecule has 6 nitrogen and oxygen atoms in total. The molecule has 0 aromatic heterocycles. The van der Waals surface area contributed by atoms with Crippen LogP contribution in [0.3, 0.4) is 0 Å². The second-order valence-electron chi connectivity index (χ2n) is 8.64. The summed E-state index contributed by atoms with van der Waals surface area (Å²) in [5.74, 6) is -0.402. The van der Waals surface area contributed by atoms with E-state index >= 15 is 0 Å². The Morgan fingerprint density at radius 3 is 2.50 bits per heavy atom. The van der Waals surface area contributed by atoms with Crippen molar-refractivity contribution in [2.24, 2.45) is 5.73 Å². The van der Waals surface area contributed by atoms with Crippen LogP contribution in [0.1, 0.15) is 53.0 Å². The highest BCUT2D eigenvalue weighted by atomic mass is 32.1. The summed E-state index contributed by atoms with van der Waals surface area (Å²) in [6.07, 6.45) is -4.56. The van der Waals surface area contributed by atoms with Crippen molar-refractivity contribution in [2.45, 2.75) is 76.9 Å². The number of carbonyl (C=O) groups excluding carboxylic acids is 1. The monoisotopic (exact) mass is 491 g/mol. The molecule has 1 aromatic rings. The quantitative estimate of drug-likeness (QED) is 0.400. The topological polar surface area (TPSA) is 85.6 Å². The Bertz CT molecular complexity index is 903. The molecule has 0 amide bonds. The summed E-state index contributed by atoms with van der Waals surface area (Å²) < 4.78 is 50.9. The summed E-state index contributed by atoms with van der Waals surface area (Å²) in [6, 6.07) is 3.47. The predicted octanol–water partition coefficient (Wildman–Crippen LogP) is 4.35. The molecule has 1 aliphatic heterocycles. The Balaban J connectivity index is 2.60. The molecule has 0 aliphatic carbocycles. The molecule has 1 aliphatic rings. The van der Waals surface area contributed by atoms with Crippen LogP contribution in [0.4, 0.5) is 18.9 Å². The van der Waals surface area contributed by atoms with Crippen molar-refractivity contribution in [3.8, 4) is 5.75 Å². The van der Waals surface area contributed by atoms with Crippen LogP contribution in [0.2, 0.25) is 0 Å². The fraction of sp³-hybridized carbons (Fsp3) is 0.571. The SMILES string of the molecule is CCCC(NC(=S)C(F)(F)F)C(N)(C(=O)OC(C)(C)C)c1ccc2c(c1)NC(=S)C(C)O2. The lowest BCUT2D eigenvalue weighted by molar-refractivity contribution is -0.163. The highest BCUT2D eigenvalue weighted by molar-refractivity contribution is 7.80. The van der Waals surface area contributed by atoms with Crippen LogP contribution in [0, 0.1) is 0 Å². The van der Waals surface area contributed by atoms with Crippen molar-refractivity contribution in [2.75, 3.05) is 5.32 Å². The lowest BCUT2D eigenvalue weighted by atomic mass is 9.80. The lowest BCUT2D eigenvalue weighted by Gasteiger charge is -2.39. The molecule has 3 atom stereocenters. The van der Waals surface area contributed by atoms with Gasteiger partial charge in [-0.2, -0.15) is 13.2 Å². The van der Waals surface area contributed by atoms with Crippen molar-refractivity contribution in [3.05, 3.63) is 23.8 Å². The minimum atomic E-state index is -4.77. The van der Waals surface area contributed by atoms with E-state index in [9.17, 15) is 18.0 Å². The summed E-state index contributed by atoms with van der Waals surface area (Å²) in [7, 11) is 0. The third-order valence-corrected chi connectivity index (χ3v) is 5.60. The average Bonchev–Trinajstić information content (AvgIpc) is 2.65. The number of fused-ring (bicyclic) bond motifs is 1. The van der Waals surface area contributed by atoms with Gasteiger partial charge in [0.2, 0.25) is 0 Å². The third kappa shape index (κ3) is 5.87. The number of thiocarbonyl (C=S) groups is 2. The summed E-state index contributed by atoms with van der Waals surface area (Å²) in [5, 5.41) is 5.28. The number of nitrogens with two attached hydrogens (primary N) is 1. The van der Waals surface area contributed by atoms with E-state index in [0.717, 1.165) is 0 Å². The van der Waals surface area contributed by atoms with Crippen LogP contribution in [-0.2, 0) is 15.1 Å². The molecule has 0 bridgehead atoms. The van der Waals surface area contributed by atoms with Crippen LogP contribution < -0.4 is 21.1 Å². The fourth-order valence-corrected chi connectivity index (χ4v) is 3.53. The lowest BCUT2D eigenvalue weighted by Crippen LogP contribution is -2.63. The molecule has 0 radical (unpaired) electrons. The maximum absolute atomic E-state index is 13.3. The second kappa shape index (κ2) is 9.48. The molecule has 0 saturated heterocycles. The van der Waals surface area contributed by atoms with Gasteiger partial charge in [-0.25, -0.2) is 4.79 Å². The van der Waals surface area contributed by atoms with Crippen LogP contribution in [0.15, 0.2) is 18.2 Å². The van der Waals surface area contributed by atoms with Crippen molar-refractivity contribution in [1.29, 1.82) is 0 Å². The first-order chi connectivity index (χ1) is 14.6. The normalized spacial score (nSPS) is 19.0. The molecule has 0 saturated carbocycles. The Labute approximate surface area is 196 Å². The van der Waals surface area contributed by atoms with Gasteiger partial charge < -0.3 is 25.8 Å². The molecule has 0 fully saturated rings. The molecule has 1 heterocycles. The number of halogens is 3. The van der Waals surface area contributed by atoms with Gasteiger partial charge in [0.15, 0.2) is 10.5 Å². The van der Waals surface area contributed by atoms with Gasteiger partial charge in [0.1, 0.15) is 22.4 Å². The Hall–Kier alpha value is -1.98. The molecule has 1 aromatic carbocycles. The van der Waals surface area contributed by atoms with Gasteiger partial charge in [-0.05, 0) is 51.8 Å². The zero-order valence-electron chi connectivity index (χ0n) is 18.6. The minimum Gasteiger partial charge on any atom is -0.481 e. The first kappa shape index (κ1) is 26.3. The summed E-state index contributed by atoms with van der Waals surface area (Å²) >= 11 is 9.77. The molecular weight excluding hydrogens is 463 g/mol. The summed E-state index contributed by atoms with van der Waals surface area (Å²) in [5.41, 5.74) is 4.40. The van der Waals surface area contributed by atoms with Crippen LogP contribution >= 0.6 is 24.4 Å². The zero-order chi connectivity index (χ0) is 24.5. The van der Waals surface area contributed by atoms with Crippen molar-refractivity contribution in [1.82, 2.24) is 5.32 Å². The number of ether oxygens (including phenoxy) is 2. The minimum absolute atomic E-state index is 0.127. The maximum Gasteiger partial charge on any atom is 0.441 e. The molecular formula is C21H28F3N3O3S2. The van der Waals surface area contributed by atoms with Crippen molar-refractivity contribution < 1.29 is 27.4 Å². The van der Waals surface area contributed by atoms with Gasteiger partial charge in [-0.3, -0.25) is 0 Å². The van der Waals surface area contributed by atoms with Gasteiger partial charge in [0, 0.05) is 0 Å². The third-order valence-electron chi connectivity index (χ3n) is 4.81. The van der Waals surface area contributed by atoms with Gasteiger partial charge in [-0.15, -0.1) is 0 Å². The highest BCUT2D eigenvalue weighted by Gasteiger charge is 2.49. The number of benzene rings is 1. The Morgan fingerprint density at radius 2 is 1.97 bits per heavy atom. The van der Waals surface area contributed by atoms with E-state index in [1.54, 1.807) is 46.8 Å². The summed E-state index contributed by atoms with van der Waals surface area (Å²) in [6.45, 7) is 8.49. The fourth-order valence-electron chi connectivity index (χ4n) is 3.23. The summed E-state index contributed by atoms with van der Waals surface area (Å²) in [4.78, 5) is 12.4. The van der Waals surface area contributed by atoms with Crippen molar-refractivity contribution in [3.63, 3.8) is 0 Å². The number of hydrogen-bond donors (Lipinski definition) is 3. The van der Waals surface area contributed by atoms with E-state index in [1.807, 2.05) is 0 Å². The predicted molar refractivity (Wildman–Crippen MR) is 125 cm³/mol. The standard InChI is InChI=1S/C21H28F3N3O3S2/c1-6-7-15(27-17(32)21(22,23)24)20(25,18(28)30-19(3,4)5)12-8-9-14-13(10-12)26-16(31)11(2)29-14/h8-11,15H,6-7,25H2,1-5H3,(H,26,31)(H,27,32). The molecule has 0 spiro atoms. The van der Waals surface area contributed by atoms with Gasteiger partial charge in [0.25, 0.3) is 0 Å². The molecule has 11 heteroatoms. The first-order valence-corrected chi connectivity index (χ1v) is 10.9. The second-order valence-corrected chi connectivity index (χ2v) is 9.49. The number of anilines is 1. The van der Waals surface area contributed by atoms with Gasteiger partial charge >= 0.3 is 12.1 Å². The van der Waals surface area contributed by atoms with Gasteiger partial charge in [0.05, 0.1) is 11.7 Å². The van der Waals surface area contributed by atoms with E-state index in [-0.39, 0.29) is 18.1 Å². The van der Waals surface area contributed by atoms with E-state index in [0.29, 0.717) is 22.8 Å². The first-order valence-electron chi connectivity index (χ1n) is 10.1. The number of nitrogens with one attached hydrogen (secondary N) is 2. The number of carbonyl (C=O) groups is 1. The van der Waals surface area contributed by atoms with Crippen molar-refractivity contribution >= 4 is 46.1 Å². The van der Waals surface area contributed by atoms with E-state index in [2.05, 4.69) is 22.9 Å². The van der Waals surface area contributed by atoms with E-state index in [1.165, 1.54) is 6.07 Å². The molecule has 3 unspecified atom stereocenters. The molecule has 178 valence electrons. The number of esters is 1. The highest BCUT2D eigenvalue weighted by Crippen LogP contribution is 2.37. The average molecular weight is 492 g/mol. The smallest absolute Gasteiger partial charge is 0.441 e. The Kier molecular flexibility index (Phi) is 7.79. The largest absolute Gasteiger partial charge is 0.481 e. The van der Waals surface area contributed by atoms with E-state index in [4.69, 9.17) is 27.4 Å². The zero-order valence-corrected chi connectivity index (χ0v) is 20.2. The van der Waals surface area contributed by atoms with Gasteiger partial charge in [-0.1, -0.05) is 43.8 Å². The number of rotatable bonds is 6. The molecule has 4 N–H and O–H groups in total.